The molecule has 1 aromatic rings. The van der Waals surface area contributed by atoms with Crippen molar-refractivity contribution < 1.29 is 4.74 Å². The van der Waals surface area contributed by atoms with E-state index in [-0.39, 0.29) is 24.0 Å². The van der Waals surface area contributed by atoms with Gasteiger partial charge in [-0.15, -0.1) is 24.0 Å². The second-order valence-electron chi connectivity index (χ2n) is 5.22. The molecule has 23 heavy (non-hydrogen) atoms. The Balaban J connectivity index is 0.00000264. The van der Waals surface area contributed by atoms with Crippen LogP contribution >= 0.6 is 39.9 Å². The normalized spacial score (nSPS) is 17.8. The minimum Gasteiger partial charge on any atom is -0.380 e. The zero-order valence-electron chi connectivity index (χ0n) is 13.7. The molecule has 130 valence electrons. The van der Waals surface area contributed by atoms with Crippen molar-refractivity contribution in [2.75, 3.05) is 44.8 Å². The van der Waals surface area contributed by atoms with Crippen LogP contribution in [0.3, 0.4) is 0 Å². The van der Waals surface area contributed by atoms with Crippen LogP contribution in [0.25, 0.3) is 0 Å². The first-order valence-corrected chi connectivity index (χ1v) is 8.58. The van der Waals surface area contributed by atoms with Crippen molar-refractivity contribution >= 4 is 51.6 Å². The fraction of sp³-hybridized carbons (Fsp3) is 0.562. The number of aliphatic imine (C=N–C) groups is 1. The Labute approximate surface area is 164 Å². The van der Waals surface area contributed by atoms with E-state index in [1.54, 1.807) is 7.05 Å². The van der Waals surface area contributed by atoms with Crippen molar-refractivity contribution in [2.45, 2.75) is 19.4 Å². The van der Waals surface area contributed by atoms with Gasteiger partial charge in [0.15, 0.2) is 5.96 Å². The van der Waals surface area contributed by atoms with E-state index in [2.05, 4.69) is 54.7 Å². The SMILES string of the molecule is CCOCCNC(=NC)NC1CCN(c2ccccc2Br)C1.I. The number of hydrogen-bond donors (Lipinski definition) is 2. The molecular weight excluding hydrogens is 471 g/mol. The maximum absolute atomic E-state index is 5.33. The lowest BCUT2D eigenvalue weighted by Gasteiger charge is -2.21. The van der Waals surface area contributed by atoms with E-state index < -0.39 is 0 Å². The highest BCUT2D eigenvalue weighted by Crippen LogP contribution is 2.28. The maximum atomic E-state index is 5.33. The molecule has 2 N–H and O–H groups in total. The number of rotatable bonds is 6. The van der Waals surface area contributed by atoms with Gasteiger partial charge in [-0.3, -0.25) is 4.99 Å². The number of hydrogen-bond acceptors (Lipinski definition) is 3. The second kappa shape index (κ2) is 11.1. The first-order valence-electron chi connectivity index (χ1n) is 7.79. The highest BCUT2D eigenvalue weighted by Gasteiger charge is 2.24. The summed E-state index contributed by atoms with van der Waals surface area (Å²) in [6.45, 7) is 6.25. The minimum atomic E-state index is 0. The number of nitrogens with one attached hydrogen (secondary N) is 2. The average molecular weight is 497 g/mol. The van der Waals surface area contributed by atoms with Gasteiger partial charge in [0, 0.05) is 43.8 Å². The van der Waals surface area contributed by atoms with Crippen LogP contribution in [0, 0.1) is 0 Å². The first-order chi connectivity index (χ1) is 10.7. The average Bonchev–Trinajstić information content (AvgIpc) is 2.99. The molecule has 0 amide bonds. The van der Waals surface area contributed by atoms with Crippen LogP contribution in [0.4, 0.5) is 5.69 Å². The summed E-state index contributed by atoms with van der Waals surface area (Å²) in [6, 6.07) is 8.77. The number of para-hydroxylation sites is 1. The Morgan fingerprint density at radius 3 is 2.91 bits per heavy atom. The maximum Gasteiger partial charge on any atom is 0.191 e. The summed E-state index contributed by atoms with van der Waals surface area (Å²) in [5.41, 5.74) is 1.26. The molecule has 5 nitrogen and oxygen atoms in total. The largest absolute Gasteiger partial charge is 0.380 e. The van der Waals surface area contributed by atoms with Gasteiger partial charge >= 0.3 is 0 Å². The van der Waals surface area contributed by atoms with Gasteiger partial charge in [0.25, 0.3) is 0 Å². The number of halogens is 2. The standard InChI is InChI=1S/C16H25BrN4O.HI/c1-3-22-11-9-19-16(18-2)20-13-8-10-21(12-13)15-7-5-4-6-14(15)17;/h4-7,13H,3,8-12H2,1-2H3,(H2,18,19,20);1H. The molecule has 1 heterocycles. The highest BCUT2D eigenvalue weighted by atomic mass is 127. The summed E-state index contributed by atoms with van der Waals surface area (Å²) >= 11 is 3.63. The minimum absolute atomic E-state index is 0. The molecule has 1 aliphatic rings. The first kappa shape index (κ1) is 20.5. The molecule has 0 bridgehead atoms. The van der Waals surface area contributed by atoms with Gasteiger partial charge in [-0.25, -0.2) is 0 Å². The van der Waals surface area contributed by atoms with Crippen LogP contribution < -0.4 is 15.5 Å². The molecule has 1 aromatic carbocycles. The predicted octanol–water partition coefficient (Wildman–Crippen LogP) is 2.85. The Hall–Kier alpha value is -0.540. The van der Waals surface area contributed by atoms with Crippen LogP contribution in [-0.4, -0.2) is 51.9 Å². The van der Waals surface area contributed by atoms with Gasteiger partial charge < -0.3 is 20.3 Å². The fourth-order valence-electron chi connectivity index (χ4n) is 2.58. The van der Waals surface area contributed by atoms with E-state index in [0.29, 0.717) is 12.6 Å². The third-order valence-corrected chi connectivity index (χ3v) is 4.36. The lowest BCUT2D eigenvalue weighted by atomic mass is 10.3. The van der Waals surface area contributed by atoms with Gasteiger partial charge in [0.2, 0.25) is 0 Å². The molecule has 0 saturated carbocycles. The number of ether oxygens (including phenoxy) is 1. The van der Waals surface area contributed by atoms with E-state index in [9.17, 15) is 0 Å². The third kappa shape index (κ3) is 6.46. The Kier molecular flexibility index (Phi) is 9.89. The van der Waals surface area contributed by atoms with Crippen molar-refractivity contribution in [3.8, 4) is 0 Å². The molecule has 0 spiro atoms. The molecule has 0 aliphatic carbocycles. The predicted molar refractivity (Wildman–Crippen MR) is 111 cm³/mol. The molecule has 0 radical (unpaired) electrons. The molecular formula is C16H26BrIN4O. The lowest BCUT2D eigenvalue weighted by molar-refractivity contribution is 0.152. The van der Waals surface area contributed by atoms with Gasteiger partial charge in [-0.1, -0.05) is 12.1 Å². The molecule has 1 saturated heterocycles. The Morgan fingerprint density at radius 2 is 2.22 bits per heavy atom. The summed E-state index contributed by atoms with van der Waals surface area (Å²) in [4.78, 5) is 6.67. The molecule has 1 atom stereocenters. The van der Waals surface area contributed by atoms with E-state index in [1.165, 1.54) is 5.69 Å². The second-order valence-corrected chi connectivity index (χ2v) is 6.08. The van der Waals surface area contributed by atoms with Crippen molar-refractivity contribution in [1.82, 2.24) is 10.6 Å². The summed E-state index contributed by atoms with van der Waals surface area (Å²) in [6.07, 6.45) is 1.10. The zero-order chi connectivity index (χ0) is 15.8. The zero-order valence-corrected chi connectivity index (χ0v) is 17.6. The van der Waals surface area contributed by atoms with Crippen molar-refractivity contribution in [3.63, 3.8) is 0 Å². The summed E-state index contributed by atoms with van der Waals surface area (Å²) in [7, 11) is 1.80. The summed E-state index contributed by atoms with van der Waals surface area (Å²) in [5, 5.41) is 6.77. The topological polar surface area (TPSA) is 48.9 Å². The quantitative estimate of drug-likeness (QED) is 0.275. The van der Waals surface area contributed by atoms with E-state index in [0.717, 1.165) is 43.1 Å². The molecule has 2 rings (SSSR count). The van der Waals surface area contributed by atoms with Gasteiger partial charge in [0.05, 0.1) is 12.3 Å². The van der Waals surface area contributed by atoms with E-state index >= 15 is 0 Å². The summed E-state index contributed by atoms with van der Waals surface area (Å²) in [5.74, 6) is 0.846. The molecule has 1 unspecified atom stereocenters. The van der Waals surface area contributed by atoms with Gasteiger partial charge in [-0.05, 0) is 41.4 Å². The van der Waals surface area contributed by atoms with Crippen LogP contribution in [0.2, 0.25) is 0 Å². The van der Waals surface area contributed by atoms with Crippen LogP contribution in [-0.2, 0) is 4.74 Å². The van der Waals surface area contributed by atoms with Gasteiger partial charge in [0.1, 0.15) is 0 Å². The Morgan fingerprint density at radius 1 is 1.43 bits per heavy atom. The molecule has 0 aromatic heterocycles. The van der Waals surface area contributed by atoms with E-state index in [4.69, 9.17) is 4.74 Å². The monoisotopic (exact) mass is 496 g/mol. The van der Waals surface area contributed by atoms with Crippen LogP contribution in [0.5, 0.6) is 0 Å². The van der Waals surface area contributed by atoms with E-state index in [1.807, 2.05) is 13.0 Å². The van der Waals surface area contributed by atoms with Crippen molar-refractivity contribution in [2.24, 2.45) is 4.99 Å². The number of nitrogens with zero attached hydrogens (tertiary/aromatic N) is 2. The number of benzene rings is 1. The fourth-order valence-corrected chi connectivity index (χ4v) is 3.11. The molecule has 1 fully saturated rings. The smallest absolute Gasteiger partial charge is 0.191 e. The molecule has 1 aliphatic heterocycles. The van der Waals surface area contributed by atoms with Crippen molar-refractivity contribution in [3.05, 3.63) is 28.7 Å². The number of anilines is 1. The highest BCUT2D eigenvalue weighted by molar-refractivity contribution is 14.0. The lowest BCUT2D eigenvalue weighted by Crippen LogP contribution is -2.45. The third-order valence-electron chi connectivity index (χ3n) is 3.69. The van der Waals surface area contributed by atoms with Crippen LogP contribution in [0.1, 0.15) is 13.3 Å². The van der Waals surface area contributed by atoms with Crippen molar-refractivity contribution in [1.29, 1.82) is 0 Å². The number of guanidine groups is 1. The summed E-state index contributed by atoms with van der Waals surface area (Å²) < 4.78 is 6.48. The Bertz CT molecular complexity index is 501. The van der Waals surface area contributed by atoms with Crippen LogP contribution in [0.15, 0.2) is 33.7 Å². The van der Waals surface area contributed by atoms with Gasteiger partial charge in [-0.2, -0.15) is 0 Å². The molecule has 7 heteroatoms.